The van der Waals surface area contributed by atoms with Gasteiger partial charge < -0.3 is 9.64 Å². The quantitative estimate of drug-likeness (QED) is 0.688. The van der Waals surface area contributed by atoms with Crippen LogP contribution in [-0.2, 0) is 20.9 Å². The first-order chi connectivity index (χ1) is 13.5. The van der Waals surface area contributed by atoms with Crippen LogP contribution < -0.4 is 0 Å². The Kier molecular flexibility index (Phi) is 5.19. The summed E-state index contributed by atoms with van der Waals surface area (Å²) in [6.45, 7) is 2.58. The van der Waals surface area contributed by atoms with Gasteiger partial charge in [-0.1, -0.05) is 48.0 Å². The van der Waals surface area contributed by atoms with Crippen LogP contribution in [0, 0.1) is 12.8 Å². The van der Waals surface area contributed by atoms with E-state index in [-0.39, 0.29) is 24.3 Å². The van der Waals surface area contributed by atoms with E-state index in [1.165, 1.54) is 24.4 Å². The van der Waals surface area contributed by atoms with Crippen molar-refractivity contribution in [2.75, 3.05) is 7.11 Å². The van der Waals surface area contributed by atoms with Crippen LogP contribution >= 0.6 is 11.8 Å². The maximum Gasteiger partial charge on any atom is 0.324 e. The first-order valence-corrected chi connectivity index (χ1v) is 10.5. The predicted molar refractivity (Wildman–Crippen MR) is 110 cm³/mol. The van der Waals surface area contributed by atoms with Gasteiger partial charge in [-0.25, -0.2) is 0 Å². The molecule has 1 saturated carbocycles. The maximum absolute atomic E-state index is 13.1. The molecule has 2 fully saturated rings. The molecule has 28 heavy (non-hydrogen) atoms. The minimum absolute atomic E-state index is 0.0331. The molecule has 1 saturated heterocycles. The summed E-state index contributed by atoms with van der Waals surface area (Å²) in [5.41, 5.74) is 2.26. The second kappa shape index (κ2) is 7.63. The topological polar surface area (TPSA) is 46.6 Å². The SMILES string of the molecule is COC(=O)[C@@]1(Sc2ccc(C)cc2)CC(=O)N(Cc2ccccc2)[C@@H]1C1CC1. The van der Waals surface area contributed by atoms with Crippen LogP contribution in [0.3, 0.4) is 0 Å². The highest BCUT2D eigenvalue weighted by Gasteiger charge is 2.62. The molecule has 5 heteroatoms. The normalized spacial score (nSPS) is 24.4. The molecule has 1 amide bonds. The molecule has 0 bridgehead atoms. The van der Waals surface area contributed by atoms with Crippen LogP contribution in [-0.4, -0.2) is 34.7 Å². The summed E-state index contributed by atoms with van der Waals surface area (Å²) in [6.07, 6.45) is 2.29. The molecule has 2 aromatic rings. The molecule has 2 aromatic carbocycles. The minimum Gasteiger partial charge on any atom is -0.468 e. The molecule has 1 aliphatic heterocycles. The Balaban J connectivity index is 1.71. The average molecular weight is 396 g/mol. The molecular weight excluding hydrogens is 370 g/mol. The molecule has 0 spiro atoms. The van der Waals surface area contributed by atoms with Gasteiger partial charge in [0.2, 0.25) is 5.91 Å². The summed E-state index contributed by atoms with van der Waals surface area (Å²) in [5.74, 6) is 0.0943. The zero-order chi connectivity index (χ0) is 19.7. The van der Waals surface area contributed by atoms with Gasteiger partial charge >= 0.3 is 5.97 Å². The van der Waals surface area contributed by atoms with Crippen molar-refractivity contribution in [3.63, 3.8) is 0 Å². The molecule has 1 heterocycles. The van der Waals surface area contributed by atoms with Crippen LogP contribution in [0.5, 0.6) is 0 Å². The summed E-state index contributed by atoms with van der Waals surface area (Å²) in [7, 11) is 1.42. The molecule has 2 atom stereocenters. The van der Waals surface area contributed by atoms with E-state index in [4.69, 9.17) is 4.74 Å². The van der Waals surface area contributed by atoms with Crippen molar-refractivity contribution in [1.29, 1.82) is 0 Å². The lowest BCUT2D eigenvalue weighted by molar-refractivity contribution is -0.144. The van der Waals surface area contributed by atoms with Gasteiger partial charge in [-0.15, -0.1) is 11.8 Å². The lowest BCUT2D eigenvalue weighted by atomic mass is 9.95. The second-order valence-electron chi connectivity index (χ2n) is 7.76. The van der Waals surface area contributed by atoms with Crippen molar-refractivity contribution < 1.29 is 14.3 Å². The number of benzene rings is 2. The number of methoxy groups -OCH3 is 1. The Morgan fingerprint density at radius 2 is 1.82 bits per heavy atom. The molecule has 4 rings (SSSR count). The minimum atomic E-state index is -0.892. The number of esters is 1. The van der Waals surface area contributed by atoms with Gasteiger partial charge in [0, 0.05) is 11.4 Å². The molecule has 2 aliphatic rings. The van der Waals surface area contributed by atoms with E-state index in [2.05, 4.69) is 0 Å². The molecular formula is C23H25NO3S. The Morgan fingerprint density at radius 3 is 2.43 bits per heavy atom. The van der Waals surface area contributed by atoms with Crippen molar-refractivity contribution in [3.05, 3.63) is 65.7 Å². The fourth-order valence-corrected chi connectivity index (χ4v) is 5.67. The number of amides is 1. The number of nitrogens with zero attached hydrogens (tertiary/aromatic N) is 1. The number of likely N-dealkylation sites (tertiary alicyclic amines) is 1. The van der Waals surface area contributed by atoms with Crippen molar-refractivity contribution in [2.45, 2.75) is 48.4 Å². The number of hydrogen-bond acceptors (Lipinski definition) is 4. The third-order valence-electron chi connectivity index (χ3n) is 5.66. The summed E-state index contributed by atoms with van der Waals surface area (Å²) in [4.78, 5) is 29.1. The van der Waals surface area contributed by atoms with Gasteiger partial charge in [-0.05, 0) is 43.4 Å². The standard InChI is InChI=1S/C23H25NO3S/c1-16-8-12-19(13-9-16)28-23(22(26)27-2)14-20(25)24(21(23)18-10-11-18)15-17-6-4-3-5-7-17/h3-9,12-13,18,21H,10-11,14-15H2,1-2H3/t21-,23-/m1/s1. The average Bonchev–Trinajstić information content (AvgIpc) is 3.50. The van der Waals surface area contributed by atoms with Crippen molar-refractivity contribution >= 4 is 23.6 Å². The number of thioether (sulfide) groups is 1. The van der Waals surface area contributed by atoms with Gasteiger partial charge in [-0.3, -0.25) is 9.59 Å². The Hall–Kier alpha value is -2.27. The highest BCUT2D eigenvalue weighted by atomic mass is 32.2. The number of carbonyl (C=O) groups excluding carboxylic acids is 2. The summed E-state index contributed by atoms with van der Waals surface area (Å²) < 4.78 is 4.36. The van der Waals surface area contributed by atoms with E-state index in [9.17, 15) is 9.59 Å². The summed E-state index contributed by atoms with van der Waals surface area (Å²) in [6, 6.07) is 18.0. The highest BCUT2D eigenvalue weighted by Crippen LogP contribution is 2.54. The third-order valence-corrected chi connectivity index (χ3v) is 7.09. The third kappa shape index (κ3) is 3.55. The van der Waals surface area contributed by atoms with Crippen molar-refractivity contribution in [2.24, 2.45) is 5.92 Å². The van der Waals surface area contributed by atoms with E-state index >= 15 is 0 Å². The Labute approximate surface area is 170 Å². The van der Waals surface area contributed by atoms with E-state index < -0.39 is 4.75 Å². The first kappa shape index (κ1) is 19.1. The van der Waals surface area contributed by atoms with Gasteiger partial charge in [0.1, 0.15) is 4.75 Å². The summed E-state index contributed by atoms with van der Waals surface area (Å²) >= 11 is 1.50. The largest absolute Gasteiger partial charge is 0.468 e. The first-order valence-electron chi connectivity index (χ1n) is 9.71. The number of hydrogen-bond donors (Lipinski definition) is 0. The van der Waals surface area contributed by atoms with Gasteiger partial charge in [0.05, 0.1) is 19.6 Å². The Morgan fingerprint density at radius 1 is 1.14 bits per heavy atom. The highest BCUT2D eigenvalue weighted by molar-refractivity contribution is 8.01. The molecule has 0 unspecified atom stereocenters. The molecule has 0 N–H and O–H groups in total. The monoisotopic (exact) mass is 395 g/mol. The van der Waals surface area contributed by atoms with Gasteiger partial charge in [-0.2, -0.15) is 0 Å². The fourth-order valence-electron chi connectivity index (χ4n) is 4.17. The van der Waals surface area contributed by atoms with E-state index in [1.54, 1.807) is 0 Å². The number of ether oxygens (including phenoxy) is 1. The van der Waals surface area contributed by atoms with E-state index in [1.807, 2.05) is 66.4 Å². The summed E-state index contributed by atoms with van der Waals surface area (Å²) in [5, 5.41) is 0. The molecule has 146 valence electrons. The van der Waals surface area contributed by atoms with E-state index in [0.717, 1.165) is 23.3 Å². The molecule has 0 aromatic heterocycles. The van der Waals surface area contributed by atoms with Crippen molar-refractivity contribution in [1.82, 2.24) is 4.90 Å². The van der Waals surface area contributed by atoms with E-state index in [0.29, 0.717) is 12.5 Å². The number of carbonyl (C=O) groups is 2. The van der Waals surface area contributed by atoms with Crippen LogP contribution in [0.15, 0.2) is 59.5 Å². The maximum atomic E-state index is 13.1. The number of rotatable bonds is 6. The van der Waals surface area contributed by atoms with Gasteiger partial charge in [0.15, 0.2) is 0 Å². The zero-order valence-electron chi connectivity index (χ0n) is 16.3. The molecule has 0 radical (unpaired) electrons. The smallest absolute Gasteiger partial charge is 0.324 e. The molecule has 1 aliphatic carbocycles. The predicted octanol–water partition coefficient (Wildman–Crippen LogP) is 4.21. The van der Waals surface area contributed by atoms with Crippen LogP contribution in [0.2, 0.25) is 0 Å². The molecule has 4 nitrogen and oxygen atoms in total. The number of aryl methyl sites for hydroxylation is 1. The van der Waals surface area contributed by atoms with Crippen LogP contribution in [0.1, 0.15) is 30.4 Å². The fraction of sp³-hybridized carbons (Fsp3) is 0.391. The van der Waals surface area contributed by atoms with Gasteiger partial charge in [0.25, 0.3) is 0 Å². The van der Waals surface area contributed by atoms with Crippen LogP contribution in [0.4, 0.5) is 0 Å². The Bertz CT molecular complexity index is 863. The zero-order valence-corrected chi connectivity index (χ0v) is 17.1. The van der Waals surface area contributed by atoms with Crippen LogP contribution in [0.25, 0.3) is 0 Å². The second-order valence-corrected chi connectivity index (χ2v) is 9.17. The lowest BCUT2D eigenvalue weighted by Crippen LogP contribution is -2.49. The van der Waals surface area contributed by atoms with Crippen molar-refractivity contribution in [3.8, 4) is 0 Å². The lowest BCUT2D eigenvalue weighted by Gasteiger charge is -2.35.